The van der Waals surface area contributed by atoms with Gasteiger partial charge in [-0.3, -0.25) is 10.1 Å². The minimum Gasteiger partial charge on any atom is -0.383 e. The number of nitrogens with two attached hydrogens (primary N) is 1. The molecule has 0 spiro atoms. The molecule has 6 nitrogen and oxygen atoms in total. The van der Waals surface area contributed by atoms with Gasteiger partial charge in [0.1, 0.15) is 11.6 Å². The number of hydrogen-bond acceptors (Lipinski definition) is 5. The van der Waals surface area contributed by atoms with Crippen molar-refractivity contribution in [1.29, 1.82) is 0 Å². The maximum atomic E-state index is 10.8. The predicted octanol–water partition coefficient (Wildman–Crippen LogP) is 1.56. The maximum Gasteiger partial charge on any atom is 0.276 e. The third-order valence-electron chi connectivity index (χ3n) is 3.73. The van der Waals surface area contributed by atoms with Gasteiger partial charge in [-0.1, -0.05) is 0 Å². The number of pyridine rings is 1. The Labute approximate surface area is 98.6 Å². The average molecular weight is 234 g/mol. The van der Waals surface area contributed by atoms with Gasteiger partial charge in [0.15, 0.2) is 0 Å². The highest BCUT2D eigenvalue weighted by molar-refractivity contribution is 5.55. The van der Waals surface area contributed by atoms with Crippen molar-refractivity contribution in [3.63, 3.8) is 0 Å². The molecule has 1 saturated carbocycles. The van der Waals surface area contributed by atoms with E-state index < -0.39 is 4.92 Å². The number of nitrogens with zero attached hydrogens (tertiary/aromatic N) is 3. The minimum atomic E-state index is -0.421. The highest BCUT2D eigenvalue weighted by atomic mass is 16.6. The number of piperidine rings is 1. The van der Waals surface area contributed by atoms with Crippen molar-refractivity contribution < 1.29 is 4.92 Å². The van der Waals surface area contributed by atoms with Gasteiger partial charge in [0, 0.05) is 12.6 Å². The molecule has 0 aromatic carbocycles. The summed E-state index contributed by atoms with van der Waals surface area (Å²) in [6.45, 7) is 0.957. The zero-order valence-electron chi connectivity index (χ0n) is 9.37. The lowest BCUT2D eigenvalue weighted by Crippen LogP contribution is -2.32. The standard InChI is InChI=1S/C11H14N4O2/c12-10-4-9(15(16)17)5-11(13-10)14-6-7-1-2-8(14)3-7/h4-5,7-8H,1-3,6H2,(H2,12,13). The van der Waals surface area contributed by atoms with Crippen molar-refractivity contribution in [2.45, 2.75) is 25.3 Å². The summed E-state index contributed by atoms with van der Waals surface area (Å²) >= 11 is 0. The first-order chi connectivity index (χ1) is 8.13. The molecule has 0 radical (unpaired) electrons. The normalized spacial score (nSPS) is 26.5. The van der Waals surface area contributed by atoms with Crippen molar-refractivity contribution in [2.75, 3.05) is 17.2 Å². The Balaban J connectivity index is 1.95. The lowest BCUT2D eigenvalue weighted by atomic mass is 10.1. The number of anilines is 2. The first-order valence-corrected chi connectivity index (χ1v) is 5.82. The summed E-state index contributed by atoms with van der Waals surface area (Å²) in [6, 6.07) is 3.32. The van der Waals surface area contributed by atoms with E-state index in [0.29, 0.717) is 11.9 Å². The predicted molar refractivity (Wildman–Crippen MR) is 63.8 cm³/mol. The molecular formula is C11H14N4O2. The zero-order valence-corrected chi connectivity index (χ0v) is 9.37. The molecule has 90 valence electrons. The van der Waals surface area contributed by atoms with Gasteiger partial charge in [-0.2, -0.15) is 0 Å². The monoisotopic (exact) mass is 234 g/mol. The van der Waals surface area contributed by atoms with E-state index in [1.54, 1.807) is 0 Å². The van der Waals surface area contributed by atoms with Crippen LogP contribution in [-0.4, -0.2) is 22.5 Å². The van der Waals surface area contributed by atoms with E-state index in [1.807, 2.05) is 0 Å². The van der Waals surface area contributed by atoms with E-state index in [0.717, 1.165) is 18.9 Å². The fourth-order valence-corrected chi connectivity index (χ4v) is 2.98. The topological polar surface area (TPSA) is 85.3 Å². The van der Waals surface area contributed by atoms with Crippen LogP contribution in [0.5, 0.6) is 0 Å². The van der Waals surface area contributed by atoms with Crippen molar-refractivity contribution in [3.05, 3.63) is 22.2 Å². The third-order valence-corrected chi connectivity index (χ3v) is 3.73. The minimum absolute atomic E-state index is 0.0234. The summed E-state index contributed by atoms with van der Waals surface area (Å²) in [5.41, 5.74) is 5.64. The van der Waals surface area contributed by atoms with Crippen LogP contribution in [0, 0.1) is 16.0 Å². The van der Waals surface area contributed by atoms with Crippen LogP contribution in [-0.2, 0) is 0 Å². The van der Waals surface area contributed by atoms with E-state index in [1.165, 1.54) is 25.0 Å². The molecule has 1 aromatic heterocycles. The fourth-order valence-electron chi connectivity index (χ4n) is 2.98. The molecule has 2 heterocycles. The number of rotatable bonds is 2. The van der Waals surface area contributed by atoms with Gasteiger partial charge in [0.25, 0.3) is 5.69 Å². The van der Waals surface area contributed by atoms with E-state index in [2.05, 4.69) is 9.88 Å². The Morgan fingerprint density at radius 3 is 2.88 bits per heavy atom. The molecule has 6 heteroatoms. The Bertz CT molecular complexity index is 477. The average Bonchev–Trinajstić information content (AvgIpc) is 2.89. The molecule has 1 aliphatic carbocycles. The van der Waals surface area contributed by atoms with Gasteiger partial charge in [0.05, 0.1) is 17.1 Å². The third kappa shape index (κ3) is 1.69. The van der Waals surface area contributed by atoms with E-state index in [4.69, 9.17) is 5.73 Å². The summed E-state index contributed by atoms with van der Waals surface area (Å²) < 4.78 is 0. The molecule has 2 bridgehead atoms. The van der Waals surface area contributed by atoms with Gasteiger partial charge >= 0.3 is 0 Å². The van der Waals surface area contributed by atoms with Gasteiger partial charge in [-0.15, -0.1) is 0 Å². The van der Waals surface area contributed by atoms with Crippen LogP contribution in [0.3, 0.4) is 0 Å². The van der Waals surface area contributed by atoms with Crippen LogP contribution in [0.2, 0.25) is 0 Å². The number of hydrogen-bond donors (Lipinski definition) is 1. The highest BCUT2D eigenvalue weighted by Crippen LogP contribution is 2.40. The summed E-state index contributed by atoms with van der Waals surface area (Å²) in [6.07, 6.45) is 3.62. The number of fused-ring (bicyclic) bond motifs is 2. The first kappa shape index (κ1) is 10.3. The molecule has 1 aromatic rings. The maximum absolute atomic E-state index is 10.8. The van der Waals surface area contributed by atoms with E-state index in [9.17, 15) is 10.1 Å². The Morgan fingerprint density at radius 2 is 2.29 bits per heavy atom. The molecular weight excluding hydrogens is 220 g/mol. The summed E-state index contributed by atoms with van der Waals surface area (Å²) in [5, 5.41) is 10.8. The Kier molecular flexibility index (Phi) is 2.17. The second kappa shape index (κ2) is 3.58. The molecule has 2 atom stereocenters. The lowest BCUT2D eigenvalue weighted by Gasteiger charge is -2.27. The van der Waals surface area contributed by atoms with Crippen LogP contribution in [0.1, 0.15) is 19.3 Å². The smallest absolute Gasteiger partial charge is 0.276 e. The van der Waals surface area contributed by atoms with Gasteiger partial charge in [-0.05, 0) is 25.2 Å². The first-order valence-electron chi connectivity index (χ1n) is 5.82. The van der Waals surface area contributed by atoms with Crippen LogP contribution < -0.4 is 10.6 Å². The summed E-state index contributed by atoms with van der Waals surface area (Å²) in [4.78, 5) is 16.7. The van der Waals surface area contributed by atoms with Crippen LogP contribution in [0.25, 0.3) is 0 Å². The molecule has 0 amide bonds. The van der Waals surface area contributed by atoms with Gasteiger partial charge < -0.3 is 10.6 Å². The Hall–Kier alpha value is -1.85. The van der Waals surface area contributed by atoms with Crippen LogP contribution in [0.4, 0.5) is 17.3 Å². The van der Waals surface area contributed by atoms with Gasteiger partial charge in [-0.25, -0.2) is 4.98 Å². The quantitative estimate of drug-likeness (QED) is 0.620. The number of nitro groups is 1. The van der Waals surface area contributed by atoms with Gasteiger partial charge in [0.2, 0.25) is 0 Å². The SMILES string of the molecule is Nc1cc([N+](=O)[O-])cc(N2CC3CCC2C3)n1. The molecule has 2 aliphatic rings. The molecule has 2 unspecified atom stereocenters. The number of aromatic nitrogens is 1. The molecule has 3 rings (SSSR count). The Morgan fingerprint density at radius 1 is 1.47 bits per heavy atom. The van der Waals surface area contributed by atoms with Crippen molar-refractivity contribution in [3.8, 4) is 0 Å². The van der Waals surface area contributed by atoms with Crippen molar-refractivity contribution >= 4 is 17.3 Å². The van der Waals surface area contributed by atoms with E-state index in [-0.39, 0.29) is 11.5 Å². The molecule has 1 aliphatic heterocycles. The van der Waals surface area contributed by atoms with Crippen molar-refractivity contribution in [2.24, 2.45) is 5.92 Å². The molecule has 17 heavy (non-hydrogen) atoms. The molecule has 1 saturated heterocycles. The second-order valence-electron chi connectivity index (χ2n) is 4.85. The zero-order chi connectivity index (χ0) is 12.0. The summed E-state index contributed by atoms with van der Waals surface area (Å²) in [5.74, 6) is 1.60. The second-order valence-corrected chi connectivity index (χ2v) is 4.85. The van der Waals surface area contributed by atoms with Crippen LogP contribution >= 0.6 is 0 Å². The lowest BCUT2D eigenvalue weighted by molar-refractivity contribution is -0.384. The highest BCUT2D eigenvalue weighted by Gasteiger charge is 2.38. The number of nitrogen functional groups attached to an aromatic ring is 1. The molecule has 2 fully saturated rings. The molecule has 2 N–H and O–H groups in total. The van der Waals surface area contributed by atoms with E-state index >= 15 is 0 Å². The largest absolute Gasteiger partial charge is 0.383 e. The van der Waals surface area contributed by atoms with Crippen LogP contribution in [0.15, 0.2) is 12.1 Å². The summed E-state index contributed by atoms with van der Waals surface area (Å²) in [7, 11) is 0. The van der Waals surface area contributed by atoms with Crippen molar-refractivity contribution in [1.82, 2.24) is 4.98 Å². The fraction of sp³-hybridized carbons (Fsp3) is 0.545.